The Kier molecular flexibility index (Phi) is 6.96. The molecule has 2 heterocycles. The third-order valence-electron chi connectivity index (χ3n) is 7.03. The molecule has 0 spiro atoms. The van der Waals surface area contributed by atoms with Crippen LogP contribution in [0.25, 0.3) is 0 Å². The average Bonchev–Trinajstić information content (AvgIpc) is 3.11. The summed E-state index contributed by atoms with van der Waals surface area (Å²) in [6, 6.07) is -1.82. The summed E-state index contributed by atoms with van der Waals surface area (Å²) in [5.74, 6) is -3.92. The van der Waals surface area contributed by atoms with Gasteiger partial charge in [-0.1, -0.05) is 34.6 Å². The predicted octanol–water partition coefficient (Wildman–Crippen LogP) is 1.74. The van der Waals surface area contributed by atoms with E-state index in [0.717, 1.165) is 0 Å². The lowest BCUT2D eigenvalue weighted by Gasteiger charge is -2.37. The van der Waals surface area contributed by atoms with Crippen LogP contribution in [0.4, 0.5) is 13.2 Å². The second-order valence-electron chi connectivity index (χ2n) is 10.7. The lowest BCUT2D eigenvalue weighted by molar-refractivity contribution is -0.176. The summed E-state index contributed by atoms with van der Waals surface area (Å²) >= 11 is 0. The van der Waals surface area contributed by atoms with Gasteiger partial charge in [-0.15, -0.1) is 0 Å². The van der Waals surface area contributed by atoms with Crippen LogP contribution in [0.1, 0.15) is 46.2 Å². The number of ether oxygens (including phenoxy) is 1. The Hall–Kier alpha value is -3.43. The van der Waals surface area contributed by atoms with Gasteiger partial charge in [0, 0.05) is 12.7 Å². The molecule has 1 aromatic rings. The molecule has 1 aliphatic heterocycles. The smallest absolute Gasteiger partial charge is 0.471 e. The number of alkyl halides is 3. The topological polar surface area (TPSA) is 137 Å². The molecule has 13 heteroatoms. The van der Waals surface area contributed by atoms with Gasteiger partial charge in [0.05, 0.1) is 18.7 Å². The van der Waals surface area contributed by atoms with Gasteiger partial charge in [0.15, 0.2) is 0 Å². The van der Waals surface area contributed by atoms with Crippen LogP contribution in [0.2, 0.25) is 0 Å². The van der Waals surface area contributed by atoms with Crippen LogP contribution in [0.15, 0.2) is 12.5 Å². The van der Waals surface area contributed by atoms with Crippen molar-refractivity contribution in [1.29, 1.82) is 5.26 Å². The van der Waals surface area contributed by atoms with Crippen molar-refractivity contribution in [3.8, 4) is 11.9 Å². The largest absolute Gasteiger partial charge is 0.481 e. The molecule has 2 fully saturated rings. The predicted molar refractivity (Wildman–Crippen MR) is 119 cm³/mol. The minimum atomic E-state index is -5.17. The van der Waals surface area contributed by atoms with Crippen LogP contribution in [0.3, 0.4) is 0 Å². The molecule has 2 aliphatic rings. The third-order valence-corrected chi connectivity index (χ3v) is 7.03. The fraction of sp³-hybridized carbons (Fsp3) is 0.652. The van der Waals surface area contributed by atoms with Gasteiger partial charge < -0.3 is 20.3 Å². The highest BCUT2D eigenvalue weighted by Crippen LogP contribution is 2.65. The first-order valence-electron chi connectivity index (χ1n) is 11.3. The number of carbonyl (C=O) groups excluding carboxylic acids is 3. The molecule has 2 N–H and O–H groups in total. The number of aromatic nitrogens is 2. The normalized spacial score (nSPS) is 24.1. The van der Waals surface area contributed by atoms with E-state index in [1.807, 2.05) is 19.9 Å². The molecule has 3 rings (SSSR count). The Morgan fingerprint density at radius 3 is 2.42 bits per heavy atom. The zero-order valence-corrected chi connectivity index (χ0v) is 20.8. The van der Waals surface area contributed by atoms with Crippen LogP contribution >= 0.6 is 0 Å². The molecule has 10 nitrogen and oxygen atoms in total. The van der Waals surface area contributed by atoms with Crippen molar-refractivity contribution in [3.63, 3.8) is 0 Å². The number of hydrogen-bond donors (Lipinski definition) is 2. The highest BCUT2D eigenvalue weighted by Gasteiger charge is 2.70. The van der Waals surface area contributed by atoms with E-state index >= 15 is 0 Å². The molecular weight excluding hydrogens is 481 g/mol. The van der Waals surface area contributed by atoms with E-state index in [9.17, 15) is 32.8 Å². The summed E-state index contributed by atoms with van der Waals surface area (Å²) < 4.78 is 44.0. The molecule has 0 bridgehead atoms. The maximum Gasteiger partial charge on any atom is 0.471 e. The van der Waals surface area contributed by atoms with E-state index in [0.29, 0.717) is 0 Å². The van der Waals surface area contributed by atoms with E-state index in [1.165, 1.54) is 45.3 Å². The zero-order valence-electron chi connectivity index (χ0n) is 20.8. The Morgan fingerprint density at radius 2 is 1.89 bits per heavy atom. The number of piperidine rings is 1. The van der Waals surface area contributed by atoms with Gasteiger partial charge in [-0.3, -0.25) is 14.4 Å². The molecular formula is C23H29F3N6O4. The van der Waals surface area contributed by atoms with Crippen LogP contribution in [0, 0.1) is 34.0 Å². The fourth-order valence-electron chi connectivity index (χ4n) is 4.95. The van der Waals surface area contributed by atoms with Gasteiger partial charge in [-0.25, -0.2) is 9.97 Å². The second-order valence-corrected chi connectivity index (χ2v) is 10.7. The monoisotopic (exact) mass is 510 g/mol. The Balaban J connectivity index is 1.90. The van der Waals surface area contributed by atoms with Gasteiger partial charge in [-0.2, -0.15) is 18.4 Å². The van der Waals surface area contributed by atoms with Gasteiger partial charge in [0.2, 0.25) is 17.7 Å². The van der Waals surface area contributed by atoms with E-state index in [2.05, 4.69) is 15.3 Å². The summed E-state index contributed by atoms with van der Waals surface area (Å²) in [7, 11) is 1.35. The molecule has 36 heavy (non-hydrogen) atoms. The van der Waals surface area contributed by atoms with Crippen molar-refractivity contribution < 1.29 is 32.3 Å². The van der Waals surface area contributed by atoms with Crippen LogP contribution < -0.4 is 15.4 Å². The van der Waals surface area contributed by atoms with E-state index in [1.54, 1.807) is 5.32 Å². The maximum atomic E-state index is 13.5. The van der Waals surface area contributed by atoms with Crippen LogP contribution in [0.5, 0.6) is 5.88 Å². The summed E-state index contributed by atoms with van der Waals surface area (Å²) in [5, 5.41) is 14.1. The molecule has 0 radical (unpaired) electrons. The molecule has 196 valence electrons. The minimum absolute atomic E-state index is 0.0636. The lowest BCUT2D eigenvalue weighted by atomic mass is 9.85. The minimum Gasteiger partial charge on any atom is -0.481 e. The molecule has 1 unspecified atom stereocenters. The molecule has 1 aliphatic carbocycles. The number of nitrogens with zero attached hydrogens (tertiary/aromatic N) is 4. The number of carbonyl (C=O) groups is 3. The zero-order chi connectivity index (χ0) is 27.2. The summed E-state index contributed by atoms with van der Waals surface area (Å²) in [4.78, 5) is 47.7. The van der Waals surface area contributed by atoms with E-state index in [4.69, 9.17) is 4.74 Å². The highest BCUT2D eigenvalue weighted by molar-refractivity contribution is 5.95. The number of likely N-dealkylation sites (tertiary alicyclic amines) is 1. The molecule has 3 amide bonds. The number of halogens is 3. The lowest BCUT2D eigenvalue weighted by Crippen LogP contribution is -2.60. The van der Waals surface area contributed by atoms with Gasteiger partial charge >= 0.3 is 12.1 Å². The number of hydrogen-bond acceptors (Lipinski definition) is 7. The van der Waals surface area contributed by atoms with E-state index in [-0.39, 0.29) is 35.2 Å². The second kappa shape index (κ2) is 9.22. The van der Waals surface area contributed by atoms with Gasteiger partial charge in [0.25, 0.3) is 0 Å². The van der Waals surface area contributed by atoms with Crippen LogP contribution in [-0.4, -0.2) is 64.5 Å². The van der Waals surface area contributed by atoms with Gasteiger partial charge in [-0.05, 0) is 22.7 Å². The Labute approximate surface area is 206 Å². The molecule has 5 atom stereocenters. The molecule has 0 aromatic carbocycles. The first-order valence-corrected chi connectivity index (χ1v) is 11.3. The van der Waals surface area contributed by atoms with Crippen LogP contribution in [-0.2, 0) is 14.4 Å². The number of rotatable bonds is 6. The summed E-state index contributed by atoms with van der Waals surface area (Å²) in [5.41, 5.74) is -1.16. The van der Waals surface area contributed by atoms with Crippen molar-refractivity contribution in [2.24, 2.45) is 22.7 Å². The summed E-state index contributed by atoms with van der Waals surface area (Å²) in [6.07, 6.45) is -2.63. The molecule has 1 saturated carbocycles. The maximum absolute atomic E-state index is 13.5. The highest BCUT2D eigenvalue weighted by atomic mass is 19.4. The van der Waals surface area contributed by atoms with E-state index < -0.39 is 47.4 Å². The number of amides is 3. The number of nitrogens with one attached hydrogen (secondary N) is 2. The third kappa shape index (κ3) is 4.94. The molecule has 1 saturated heterocycles. The Bertz CT molecular complexity index is 1090. The first-order chi connectivity index (χ1) is 16.6. The number of fused-ring (bicyclic) bond motifs is 1. The number of methoxy groups -OCH3 is 1. The summed E-state index contributed by atoms with van der Waals surface area (Å²) in [6.45, 7) is 8.58. The van der Waals surface area contributed by atoms with Crippen molar-refractivity contribution in [2.75, 3.05) is 13.7 Å². The SMILES string of the molecule is COc1ncncc1C(C#N)NC(=O)[C@@H]1[C@@H]2[C@H](CN1C(=O)[C@@H](NC(=O)C(F)(F)F)C(C)(C)C)C2(C)C. The fourth-order valence-corrected chi connectivity index (χ4v) is 4.95. The van der Waals surface area contributed by atoms with Crippen molar-refractivity contribution in [1.82, 2.24) is 25.5 Å². The van der Waals surface area contributed by atoms with Crippen molar-refractivity contribution in [3.05, 3.63) is 18.1 Å². The number of nitriles is 1. The van der Waals surface area contributed by atoms with Gasteiger partial charge in [0.1, 0.15) is 24.5 Å². The molecule has 1 aromatic heterocycles. The Morgan fingerprint density at radius 1 is 1.25 bits per heavy atom. The quantitative estimate of drug-likeness (QED) is 0.595. The first kappa shape index (κ1) is 27.2. The van der Waals surface area contributed by atoms with Crippen molar-refractivity contribution >= 4 is 17.7 Å². The van der Waals surface area contributed by atoms with Crippen molar-refractivity contribution in [2.45, 2.75) is 58.9 Å². The average molecular weight is 511 g/mol. The standard InChI is InChI=1S/C23H29F3N6O4/c1-21(2,3)16(31-20(35)23(24,25)26)19(34)32-9-12-14(22(12,4)5)15(32)17(33)30-13(7-27)11-8-28-10-29-18(11)36-6/h8,10,12-16H,9H2,1-6H3,(H,30,33)(H,31,35)/t12-,13?,14-,15-,16+/m0/s1.